The second-order valence-electron chi connectivity index (χ2n) is 4.80. The quantitative estimate of drug-likeness (QED) is 0.728. The second-order valence-corrected chi connectivity index (χ2v) is 5.65. The van der Waals surface area contributed by atoms with Gasteiger partial charge in [0.15, 0.2) is 0 Å². The highest BCUT2D eigenvalue weighted by atomic mass is 35.5. The molecule has 0 amide bonds. The molecule has 1 aromatic carbocycles. The van der Waals surface area contributed by atoms with Crippen molar-refractivity contribution in [2.24, 2.45) is 0 Å². The van der Waals surface area contributed by atoms with Gasteiger partial charge in [-0.3, -0.25) is 0 Å². The van der Waals surface area contributed by atoms with E-state index in [2.05, 4.69) is 32.7 Å². The highest BCUT2D eigenvalue weighted by Crippen LogP contribution is 2.32. The molecule has 0 radical (unpaired) electrons. The number of rotatable bonds is 7. The van der Waals surface area contributed by atoms with E-state index in [0.29, 0.717) is 35.0 Å². The van der Waals surface area contributed by atoms with E-state index in [1.54, 1.807) is 6.07 Å². The Labute approximate surface area is 125 Å². The normalized spacial score (nSPS) is 10.8. The third kappa shape index (κ3) is 5.43. The van der Waals surface area contributed by atoms with Crippen molar-refractivity contribution in [1.29, 1.82) is 0 Å². The van der Waals surface area contributed by atoms with Crippen LogP contribution in [0.15, 0.2) is 24.3 Å². The largest absolute Gasteiger partial charge is 0.487 e. The van der Waals surface area contributed by atoms with Crippen molar-refractivity contribution in [3.05, 3.63) is 39.9 Å². The molecule has 0 heterocycles. The summed E-state index contributed by atoms with van der Waals surface area (Å²) >= 11 is 12.3. The van der Waals surface area contributed by atoms with Gasteiger partial charge in [-0.05, 0) is 24.1 Å². The highest BCUT2D eigenvalue weighted by Gasteiger charge is 2.11. The summed E-state index contributed by atoms with van der Waals surface area (Å²) in [5, 5.41) is 4.50. The first-order valence-electron chi connectivity index (χ1n) is 6.44. The van der Waals surface area contributed by atoms with E-state index in [9.17, 15) is 0 Å². The molecular formula is C15H21Cl2NO. The summed E-state index contributed by atoms with van der Waals surface area (Å²) in [7, 11) is 0. The molecule has 0 aliphatic heterocycles. The van der Waals surface area contributed by atoms with Gasteiger partial charge in [0, 0.05) is 23.2 Å². The Morgan fingerprint density at radius 3 is 2.63 bits per heavy atom. The first-order chi connectivity index (χ1) is 8.93. The first kappa shape index (κ1) is 16.4. The molecule has 0 fully saturated rings. The van der Waals surface area contributed by atoms with Crippen LogP contribution in [0.1, 0.15) is 32.8 Å². The minimum absolute atomic E-state index is 0.385. The molecule has 19 heavy (non-hydrogen) atoms. The van der Waals surface area contributed by atoms with E-state index in [0.717, 1.165) is 17.6 Å². The van der Waals surface area contributed by atoms with Gasteiger partial charge >= 0.3 is 0 Å². The fourth-order valence-electron chi connectivity index (χ4n) is 1.50. The average molecular weight is 302 g/mol. The molecule has 1 N–H and O–H groups in total. The topological polar surface area (TPSA) is 21.3 Å². The maximum absolute atomic E-state index is 6.21. The van der Waals surface area contributed by atoms with Crippen molar-refractivity contribution in [2.75, 3.05) is 6.61 Å². The standard InChI is InChI=1S/C15H21Cl2NO/c1-5-11(4)9-19-15-12(8-18-10(2)3)6-13(16)7-14(15)17/h6-7,10,18H,4-5,8-9H2,1-3H3. The van der Waals surface area contributed by atoms with Crippen molar-refractivity contribution < 1.29 is 4.74 Å². The molecule has 106 valence electrons. The summed E-state index contributed by atoms with van der Waals surface area (Å²) in [6.45, 7) is 11.3. The van der Waals surface area contributed by atoms with Crippen LogP contribution < -0.4 is 10.1 Å². The monoisotopic (exact) mass is 301 g/mol. The van der Waals surface area contributed by atoms with E-state index < -0.39 is 0 Å². The smallest absolute Gasteiger partial charge is 0.142 e. The van der Waals surface area contributed by atoms with Gasteiger partial charge in [-0.2, -0.15) is 0 Å². The van der Waals surface area contributed by atoms with Crippen LogP contribution in [0.3, 0.4) is 0 Å². The Bertz CT molecular complexity index is 444. The predicted molar refractivity (Wildman–Crippen MR) is 83.4 cm³/mol. The number of ether oxygens (including phenoxy) is 1. The molecule has 4 heteroatoms. The average Bonchev–Trinajstić information content (AvgIpc) is 2.34. The number of hydrogen-bond acceptors (Lipinski definition) is 2. The van der Waals surface area contributed by atoms with Crippen molar-refractivity contribution in [1.82, 2.24) is 5.32 Å². The second kappa shape index (κ2) is 7.78. The number of hydrogen-bond donors (Lipinski definition) is 1. The Hall–Kier alpha value is -0.700. The summed E-state index contributed by atoms with van der Waals surface area (Å²) in [6.07, 6.45) is 0.894. The Morgan fingerprint density at radius 1 is 1.37 bits per heavy atom. The Kier molecular flexibility index (Phi) is 6.70. The SMILES string of the molecule is C=C(CC)COc1c(Cl)cc(Cl)cc1CNC(C)C. The molecular weight excluding hydrogens is 281 g/mol. The number of benzene rings is 1. The van der Waals surface area contributed by atoms with Crippen LogP contribution in [0.4, 0.5) is 0 Å². The minimum Gasteiger partial charge on any atom is -0.487 e. The molecule has 0 aliphatic rings. The van der Waals surface area contributed by atoms with Gasteiger partial charge in [-0.25, -0.2) is 0 Å². The van der Waals surface area contributed by atoms with Crippen LogP contribution in [0.5, 0.6) is 5.75 Å². The summed E-state index contributed by atoms with van der Waals surface area (Å²) in [5.74, 6) is 0.689. The lowest BCUT2D eigenvalue weighted by atomic mass is 10.2. The van der Waals surface area contributed by atoms with Crippen LogP contribution in [-0.2, 0) is 6.54 Å². The zero-order valence-corrected chi connectivity index (χ0v) is 13.2. The summed E-state index contributed by atoms with van der Waals surface area (Å²) in [5.41, 5.74) is 2.00. The van der Waals surface area contributed by atoms with Crippen molar-refractivity contribution >= 4 is 23.2 Å². The molecule has 0 saturated carbocycles. The zero-order valence-electron chi connectivity index (χ0n) is 11.7. The van der Waals surface area contributed by atoms with E-state index >= 15 is 0 Å². The highest BCUT2D eigenvalue weighted by molar-refractivity contribution is 6.35. The lowest BCUT2D eigenvalue weighted by molar-refractivity contribution is 0.344. The summed E-state index contributed by atoms with van der Waals surface area (Å²) in [4.78, 5) is 0. The zero-order chi connectivity index (χ0) is 14.4. The summed E-state index contributed by atoms with van der Waals surface area (Å²) < 4.78 is 5.78. The van der Waals surface area contributed by atoms with Gasteiger partial charge in [0.1, 0.15) is 12.4 Å². The van der Waals surface area contributed by atoms with Crippen molar-refractivity contribution in [3.8, 4) is 5.75 Å². The van der Waals surface area contributed by atoms with Crippen molar-refractivity contribution in [3.63, 3.8) is 0 Å². The maximum atomic E-state index is 6.21. The van der Waals surface area contributed by atoms with Crippen LogP contribution in [-0.4, -0.2) is 12.6 Å². The van der Waals surface area contributed by atoms with E-state index in [-0.39, 0.29) is 0 Å². The lowest BCUT2D eigenvalue weighted by Crippen LogP contribution is -2.22. The number of halogens is 2. The minimum atomic E-state index is 0.385. The number of nitrogens with one attached hydrogen (secondary N) is 1. The van der Waals surface area contributed by atoms with Gasteiger partial charge in [0.25, 0.3) is 0 Å². The molecule has 1 aromatic rings. The van der Waals surface area contributed by atoms with Crippen LogP contribution >= 0.6 is 23.2 Å². The summed E-state index contributed by atoms with van der Waals surface area (Å²) in [6, 6.07) is 3.97. The molecule has 0 aliphatic carbocycles. The first-order valence-corrected chi connectivity index (χ1v) is 7.20. The molecule has 0 saturated heterocycles. The molecule has 0 unspecified atom stereocenters. The van der Waals surface area contributed by atoms with Gasteiger partial charge in [0.2, 0.25) is 0 Å². The van der Waals surface area contributed by atoms with Gasteiger partial charge in [0.05, 0.1) is 5.02 Å². The van der Waals surface area contributed by atoms with E-state index in [1.807, 2.05) is 6.07 Å². The third-order valence-electron chi connectivity index (χ3n) is 2.71. The molecule has 0 aromatic heterocycles. The maximum Gasteiger partial charge on any atom is 0.142 e. The van der Waals surface area contributed by atoms with Gasteiger partial charge in [-0.15, -0.1) is 0 Å². The van der Waals surface area contributed by atoms with Gasteiger partial charge in [-0.1, -0.05) is 50.6 Å². The fraction of sp³-hybridized carbons (Fsp3) is 0.467. The predicted octanol–water partition coefficient (Wildman–Crippen LogP) is 4.84. The van der Waals surface area contributed by atoms with Crippen LogP contribution in [0.25, 0.3) is 0 Å². The molecule has 0 spiro atoms. The lowest BCUT2D eigenvalue weighted by Gasteiger charge is -2.16. The molecule has 2 nitrogen and oxygen atoms in total. The van der Waals surface area contributed by atoms with Crippen molar-refractivity contribution in [2.45, 2.75) is 39.8 Å². The fourth-order valence-corrected chi connectivity index (χ4v) is 2.09. The van der Waals surface area contributed by atoms with Gasteiger partial charge < -0.3 is 10.1 Å². The Balaban J connectivity index is 2.89. The van der Waals surface area contributed by atoms with Crippen LogP contribution in [0, 0.1) is 0 Å². The van der Waals surface area contributed by atoms with E-state index in [1.165, 1.54) is 0 Å². The molecule has 0 bridgehead atoms. The molecule has 0 atom stereocenters. The van der Waals surface area contributed by atoms with Crippen LogP contribution in [0.2, 0.25) is 10.0 Å². The Morgan fingerprint density at radius 2 is 2.05 bits per heavy atom. The molecule has 1 rings (SSSR count). The third-order valence-corrected chi connectivity index (χ3v) is 3.21. The van der Waals surface area contributed by atoms with E-state index in [4.69, 9.17) is 27.9 Å².